The minimum atomic E-state index is 0.241. The van der Waals surface area contributed by atoms with Crippen LogP contribution in [0, 0.1) is 11.8 Å². The van der Waals surface area contributed by atoms with E-state index < -0.39 is 0 Å². The molecule has 0 saturated carbocycles. The van der Waals surface area contributed by atoms with Crippen molar-refractivity contribution in [3.63, 3.8) is 0 Å². The van der Waals surface area contributed by atoms with Gasteiger partial charge in [0.2, 0.25) is 0 Å². The van der Waals surface area contributed by atoms with Gasteiger partial charge in [0, 0.05) is 5.39 Å². The predicted octanol–water partition coefficient (Wildman–Crippen LogP) is 0.898. The van der Waals surface area contributed by atoms with Crippen LogP contribution in [0.4, 0.5) is 0 Å². The fraction of sp³-hybridized carbons (Fsp3) is 0.100. The summed E-state index contributed by atoms with van der Waals surface area (Å²) >= 11 is 0. The van der Waals surface area contributed by atoms with E-state index in [1.165, 1.54) is 0 Å². The normalized spacial score (nSPS) is 9.43. The maximum atomic E-state index is 10.0. The first-order chi connectivity index (χ1) is 6.90. The lowest BCUT2D eigenvalue weighted by Crippen LogP contribution is -1.81. The lowest BCUT2D eigenvalue weighted by Gasteiger charge is -1.88. The van der Waals surface area contributed by atoms with Gasteiger partial charge in [0.25, 0.3) is 0 Å². The first-order valence-corrected chi connectivity index (χ1v) is 4.12. The lowest BCUT2D eigenvalue weighted by atomic mass is 10.2. The Balaban J connectivity index is 2.35. The van der Waals surface area contributed by atoms with Crippen LogP contribution in [-0.2, 0) is 4.79 Å². The highest BCUT2D eigenvalue weighted by Gasteiger charge is 1.95. The number of hydrogen-bond donors (Lipinski definition) is 1. The molecule has 0 aromatic carbocycles. The van der Waals surface area contributed by atoms with E-state index in [0.29, 0.717) is 5.69 Å². The molecule has 0 aliphatic rings. The van der Waals surface area contributed by atoms with Crippen molar-refractivity contribution in [1.29, 1.82) is 0 Å². The molecule has 0 radical (unpaired) electrons. The van der Waals surface area contributed by atoms with E-state index in [9.17, 15) is 4.79 Å². The smallest absolute Gasteiger partial charge is 0.131 e. The molecule has 68 valence electrons. The zero-order chi connectivity index (χ0) is 9.80. The van der Waals surface area contributed by atoms with Gasteiger partial charge >= 0.3 is 0 Å². The third-order valence-corrected chi connectivity index (χ3v) is 1.73. The molecule has 0 atom stereocenters. The number of aldehydes is 1. The van der Waals surface area contributed by atoms with Crippen LogP contribution in [0.2, 0.25) is 0 Å². The second-order valence-electron chi connectivity index (χ2n) is 2.70. The summed E-state index contributed by atoms with van der Waals surface area (Å²) < 4.78 is 0. The van der Waals surface area contributed by atoms with Crippen molar-refractivity contribution < 1.29 is 4.79 Å². The Kier molecular flexibility index (Phi) is 2.24. The topological polar surface area (TPSA) is 58.6 Å². The molecule has 2 aromatic heterocycles. The number of rotatable bonds is 1. The highest BCUT2D eigenvalue weighted by molar-refractivity contribution is 5.77. The summed E-state index contributed by atoms with van der Waals surface area (Å²) in [4.78, 5) is 14.1. The van der Waals surface area contributed by atoms with Crippen LogP contribution in [0.5, 0.6) is 0 Å². The van der Waals surface area contributed by atoms with E-state index in [1.54, 1.807) is 12.4 Å². The van der Waals surface area contributed by atoms with Crippen LogP contribution in [0.25, 0.3) is 10.9 Å². The van der Waals surface area contributed by atoms with Gasteiger partial charge in [-0.05, 0) is 12.0 Å². The van der Waals surface area contributed by atoms with Gasteiger partial charge in [0.1, 0.15) is 12.0 Å². The average molecular weight is 185 g/mol. The van der Waals surface area contributed by atoms with E-state index in [2.05, 4.69) is 27.0 Å². The van der Waals surface area contributed by atoms with Crippen molar-refractivity contribution >= 4 is 17.2 Å². The maximum Gasteiger partial charge on any atom is 0.131 e. The third kappa shape index (κ3) is 1.62. The summed E-state index contributed by atoms with van der Waals surface area (Å²) in [5, 5.41) is 7.63. The van der Waals surface area contributed by atoms with Gasteiger partial charge < -0.3 is 4.79 Å². The maximum absolute atomic E-state index is 10.0. The van der Waals surface area contributed by atoms with E-state index in [-0.39, 0.29) is 6.42 Å². The van der Waals surface area contributed by atoms with Crippen LogP contribution in [-0.4, -0.2) is 21.5 Å². The molecule has 1 N–H and O–H groups in total. The Bertz CT molecular complexity index is 519. The minimum absolute atomic E-state index is 0.241. The summed E-state index contributed by atoms with van der Waals surface area (Å²) in [6, 6.07) is 1.83. The van der Waals surface area contributed by atoms with Crippen LogP contribution in [0.3, 0.4) is 0 Å². The molecule has 0 fully saturated rings. The van der Waals surface area contributed by atoms with Crippen molar-refractivity contribution in [1.82, 2.24) is 15.2 Å². The number of nitrogens with zero attached hydrogens (tertiary/aromatic N) is 2. The number of aromatic nitrogens is 3. The molecule has 4 nitrogen and oxygen atoms in total. The van der Waals surface area contributed by atoms with Crippen molar-refractivity contribution in [2.24, 2.45) is 0 Å². The van der Waals surface area contributed by atoms with Gasteiger partial charge in [0.15, 0.2) is 0 Å². The fourth-order valence-electron chi connectivity index (χ4n) is 1.09. The molecule has 2 rings (SSSR count). The van der Waals surface area contributed by atoms with E-state index >= 15 is 0 Å². The molecule has 14 heavy (non-hydrogen) atoms. The molecule has 4 heteroatoms. The Morgan fingerprint density at radius 2 is 2.43 bits per heavy atom. The zero-order valence-electron chi connectivity index (χ0n) is 7.32. The molecule has 0 aliphatic heterocycles. The van der Waals surface area contributed by atoms with Crippen LogP contribution >= 0.6 is 0 Å². The van der Waals surface area contributed by atoms with Crippen LogP contribution in [0.1, 0.15) is 12.1 Å². The summed E-state index contributed by atoms with van der Waals surface area (Å²) in [7, 11) is 0. The van der Waals surface area contributed by atoms with Gasteiger partial charge in [-0.3, -0.25) is 5.10 Å². The third-order valence-electron chi connectivity index (χ3n) is 1.73. The summed E-state index contributed by atoms with van der Waals surface area (Å²) in [6.45, 7) is 0. The van der Waals surface area contributed by atoms with E-state index in [4.69, 9.17) is 0 Å². The molecule has 2 heterocycles. The Labute approximate surface area is 80.4 Å². The van der Waals surface area contributed by atoms with Crippen molar-refractivity contribution in [2.45, 2.75) is 6.42 Å². The number of carbonyl (C=O) groups excluding carboxylic acids is 1. The second kappa shape index (κ2) is 3.71. The highest BCUT2D eigenvalue weighted by Crippen LogP contribution is 2.08. The number of H-pyrrole nitrogens is 1. The molecule has 2 aromatic rings. The first-order valence-electron chi connectivity index (χ1n) is 4.12. The summed E-state index contributed by atoms with van der Waals surface area (Å²) in [5.74, 6) is 5.49. The van der Waals surface area contributed by atoms with Gasteiger partial charge in [0.05, 0.1) is 24.3 Å². The number of nitrogens with one attached hydrogen (secondary N) is 1. The molecule has 0 amide bonds. The van der Waals surface area contributed by atoms with Gasteiger partial charge in [-0.25, -0.2) is 4.98 Å². The van der Waals surface area contributed by atoms with Gasteiger partial charge in [-0.2, -0.15) is 5.10 Å². The van der Waals surface area contributed by atoms with Crippen molar-refractivity contribution in [3.05, 3.63) is 24.2 Å². The highest BCUT2D eigenvalue weighted by atomic mass is 16.1. The molecule has 0 saturated heterocycles. The SMILES string of the molecule is O=CCC#Cc1cc2cn[nH]c2cn1. The lowest BCUT2D eigenvalue weighted by molar-refractivity contribution is -0.107. The minimum Gasteiger partial charge on any atom is -0.302 e. The summed E-state index contributed by atoms with van der Waals surface area (Å²) in [5.41, 5.74) is 1.53. The fourth-order valence-corrected chi connectivity index (χ4v) is 1.09. The van der Waals surface area contributed by atoms with Gasteiger partial charge in [-0.15, -0.1) is 0 Å². The molecular formula is C10H7N3O. The molecule has 0 unspecified atom stereocenters. The molecular weight excluding hydrogens is 178 g/mol. The number of aromatic amines is 1. The number of hydrogen-bond acceptors (Lipinski definition) is 3. The van der Waals surface area contributed by atoms with Crippen LogP contribution in [0.15, 0.2) is 18.5 Å². The second-order valence-corrected chi connectivity index (χ2v) is 2.70. The number of pyridine rings is 1. The average Bonchev–Trinajstić information content (AvgIpc) is 2.65. The Hall–Kier alpha value is -2.15. The summed E-state index contributed by atoms with van der Waals surface area (Å²) in [6.07, 6.45) is 4.39. The number of fused-ring (bicyclic) bond motifs is 1. The molecule has 0 spiro atoms. The standard InChI is InChI=1S/C10H7N3O/c14-4-2-1-3-9-5-8-6-12-13-10(8)7-11-9/h4-7H,2H2,(H,12,13). The van der Waals surface area contributed by atoms with Crippen molar-refractivity contribution in [3.8, 4) is 11.8 Å². The Morgan fingerprint density at radius 3 is 3.29 bits per heavy atom. The van der Waals surface area contributed by atoms with E-state index in [0.717, 1.165) is 17.2 Å². The molecule has 0 aliphatic carbocycles. The largest absolute Gasteiger partial charge is 0.302 e. The van der Waals surface area contributed by atoms with Crippen LogP contribution < -0.4 is 0 Å². The molecule has 0 bridgehead atoms. The first kappa shape index (κ1) is 8.45. The van der Waals surface area contributed by atoms with Gasteiger partial charge in [-0.1, -0.05) is 5.92 Å². The van der Waals surface area contributed by atoms with Crippen molar-refractivity contribution in [2.75, 3.05) is 0 Å². The zero-order valence-corrected chi connectivity index (χ0v) is 7.32. The quantitative estimate of drug-likeness (QED) is 0.530. The predicted molar refractivity (Wildman–Crippen MR) is 51.4 cm³/mol. The Morgan fingerprint density at radius 1 is 1.50 bits per heavy atom. The monoisotopic (exact) mass is 185 g/mol. The van der Waals surface area contributed by atoms with E-state index in [1.807, 2.05) is 6.07 Å². The number of carbonyl (C=O) groups is 1.